The van der Waals surface area contributed by atoms with Crippen LogP contribution in [0, 0.1) is 13.8 Å². The molecule has 1 N–H and O–H groups in total. The minimum atomic E-state index is -0.732. The largest absolute Gasteiger partial charge is 0.507 e. The van der Waals surface area contributed by atoms with Crippen LogP contribution in [0.25, 0.3) is 5.76 Å². The number of carbonyl (C=O) groups excluding carboxylic acids is 2. The number of amides is 1. The van der Waals surface area contributed by atoms with Gasteiger partial charge in [0, 0.05) is 24.5 Å². The smallest absolute Gasteiger partial charge is 0.295 e. The third-order valence-corrected chi connectivity index (χ3v) is 6.71. The zero-order valence-corrected chi connectivity index (χ0v) is 21.3. The van der Waals surface area contributed by atoms with E-state index in [2.05, 4.69) is 4.98 Å². The SMILES string of the molecule is Cc1ccc([C@@H]2/C(=C(\O)c3ccc(OCc4ccccc4)cc3C)C(=O)C(=O)N2Cc2cccnc2)cc1. The molecular formula is C32H28N2O4. The number of hydrogen-bond acceptors (Lipinski definition) is 5. The van der Waals surface area contributed by atoms with E-state index in [9.17, 15) is 14.7 Å². The number of nitrogens with zero attached hydrogens (tertiary/aromatic N) is 2. The lowest BCUT2D eigenvalue weighted by Crippen LogP contribution is -2.29. The highest BCUT2D eigenvalue weighted by atomic mass is 16.5. The van der Waals surface area contributed by atoms with Crippen LogP contribution >= 0.6 is 0 Å². The maximum Gasteiger partial charge on any atom is 0.295 e. The summed E-state index contributed by atoms with van der Waals surface area (Å²) in [5.41, 5.74) is 4.93. The molecule has 6 nitrogen and oxygen atoms in total. The molecule has 1 atom stereocenters. The molecule has 0 spiro atoms. The second-order valence-corrected chi connectivity index (χ2v) is 9.45. The Morgan fingerprint density at radius 2 is 1.66 bits per heavy atom. The van der Waals surface area contributed by atoms with Crippen LogP contribution in [-0.4, -0.2) is 26.7 Å². The van der Waals surface area contributed by atoms with E-state index >= 15 is 0 Å². The molecule has 0 bridgehead atoms. The van der Waals surface area contributed by atoms with Crippen LogP contribution in [-0.2, 0) is 22.7 Å². The number of aliphatic hydroxyl groups excluding tert-OH is 1. The summed E-state index contributed by atoms with van der Waals surface area (Å²) < 4.78 is 5.92. The summed E-state index contributed by atoms with van der Waals surface area (Å²) in [7, 11) is 0. The Bertz CT molecular complexity index is 1500. The van der Waals surface area contributed by atoms with E-state index in [4.69, 9.17) is 4.74 Å². The molecule has 1 aliphatic rings. The molecule has 1 aromatic heterocycles. The number of hydrogen-bond donors (Lipinski definition) is 1. The first kappa shape index (κ1) is 25.0. The van der Waals surface area contributed by atoms with Gasteiger partial charge >= 0.3 is 0 Å². The quantitative estimate of drug-likeness (QED) is 0.193. The van der Waals surface area contributed by atoms with Gasteiger partial charge in [-0.2, -0.15) is 0 Å². The summed E-state index contributed by atoms with van der Waals surface area (Å²) in [4.78, 5) is 32.3. The number of Topliss-reactive ketones (excluding diaryl/α,β-unsaturated/α-hetero) is 1. The van der Waals surface area contributed by atoms with Gasteiger partial charge in [-0.05, 0) is 60.4 Å². The number of aromatic nitrogens is 1. The van der Waals surface area contributed by atoms with Gasteiger partial charge < -0.3 is 14.7 Å². The fourth-order valence-corrected chi connectivity index (χ4v) is 4.70. The van der Waals surface area contributed by atoms with Crippen LogP contribution in [0.3, 0.4) is 0 Å². The summed E-state index contributed by atoms with van der Waals surface area (Å²) in [6.07, 6.45) is 3.33. The summed E-state index contributed by atoms with van der Waals surface area (Å²) >= 11 is 0. The van der Waals surface area contributed by atoms with Crippen LogP contribution < -0.4 is 4.74 Å². The third-order valence-electron chi connectivity index (χ3n) is 6.71. The van der Waals surface area contributed by atoms with E-state index in [-0.39, 0.29) is 17.9 Å². The lowest BCUT2D eigenvalue weighted by molar-refractivity contribution is -0.140. The number of carbonyl (C=O) groups is 2. The van der Waals surface area contributed by atoms with Crippen LogP contribution in [0.4, 0.5) is 0 Å². The Hall–Kier alpha value is -4.71. The molecule has 6 heteroatoms. The van der Waals surface area contributed by atoms with Crippen molar-refractivity contribution in [2.75, 3.05) is 0 Å². The average Bonchev–Trinajstić information content (AvgIpc) is 3.18. The molecule has 4 aromatic rings. The van der Waals surface area contributed by atoms with Gasteiger partial charge in [-0.25, -0.2) is 0 Å². The number of aliphatic hydroxyl groups is 1. The summed E-state index contributed by atoms with van der Waals surface area (Å²) in [5, 5.41) is 11.5. The molecule has 1 aliphatic heterocycles. The summed E-state index contributed by atoms with van der Waals surface area (Å²) in [6, 6.07) is 25.7. The third kappa shape index (κ3) is 5.06. The molecule has 0 saturated carbocycles. The van der Waals surface area contributed by atoms with E-state index in [1.807, 2.05) is 80.6 Å². The van der Waals surface area contributed by atoms with Crippen molar-refractivity contribution in [1.29, 1.82) is 0 Å². The molecule has 1 amide bonds. The lowest BCUT2D eigenvalue weighted by atomic mass is 9.93. The van der Waals surface area contributed by atoms with Crippen molar-refractivity contribution in [2.24, 2.45) is 0 Å². The molecule has 0 aliphatic carbocycles. The number of ketones is 1. The van der Waals surface area contributed by atoms with E-state index < -0.39 is 17.7 Å². The molecule has 3 aromatic carbocycles. The van der Waals surface area contributed by atoms with Crippen molar-refractivity contribution in [3.05, 3.63) is 136 Å². The molecular weight excluding hydrogens is 476 g/mol. The fraction of sp³-hybridized carbons (Fsp3) is 0.156. The van der Waals surface area contributed by atoms with E-state index in [0.29, 0.717) is 17.9 Å². The number of ether oxygens (including phenoxy) is 1. The van der Waals surface area contributed by atoms with Gasteiger partial charge in [0.1, 0.15) is 18.1 Å². The molecule has 1 fully saturated rings. The number of aryl methyl sites for hydroxylation is 2. The second kappa shape index (κ2) is 10.7. The van der Waals surface area contributed by atoms with Crippen molar-refractivity contribution in [3.63, 3.8) is 0 Å². The summed E-state index contributed by atoms with van der Waals surface area (Å²) in [6.45, 7) is 4.43. The van der Waals surface area contributed by atoms with Crippen molar-refractivity contribution < 1.29 is 19.4 Å². The van der Waals surface area contributed by atoms with Gasteiger partial charge in [-0.15, -0.1) is 0 Å². The van der Waals surface area contributed by atoms with Crippen molar-refractivity contribution >= 4 is 17.4 Å². The van der Waals surface area contributed by atoms with Crippen molar-refractivity contribution in [1.82, 2.24) is 9.88 Å². The zero-order chi connectivity index (χ0) is 26.6. The number of benzene rings is 3. The first-order valence-corrected chi connectivity index (χ1v) is 12.4. The van der Waals surface area contributed by atoms with Crippen molar-refractivity contribution in [3.8, 4) is 5.75 Å². The molecule has 2 heterocycles. The maximum absolute atomic E-state index is 13.4. The first-order chi connectivity index (χ1) is 18.4. The van der Waals surface area contributed by atoms with Gasteiger partial charge in [-0.3, -0.25) is 14.6 Å². The van der Waals surface area contributed by atoms with E-state index in [1.165, 1.54) is 4.90 Å². The highest BCUT2D eigenvalue weighted by Crippen LogP contribution is 2.41. The lowest BCUT2D eigenvalue weighted by Gasteiger charge is -2.25. The molecule has 0 radical (unpaired) electrons. The Balaban J connectivity index is 1.52. The standard InChI is InChI=1S/C32H28N2O4/c1-21-10-12-25(13-11-21)29-28(31(36)32(37)34(29)19-24-9-6-16-33-18-24)30(35)27-15-14-26(17-22(27)2)38-20-23-7-4-3-5-8-23/h3-18,29,35H,19-20H2,1-2H3/b30-28+/t29-/m1/s1. The van der Waals surface area contributed by atoms with Gasteiger partial charge in [0.15, 0.2) is 0 Å². The Morgan fingerprint density at radius 3 is 2.34 bits per heavy atom. The topological polar surface area (TPSA) is 79.7 Å². The Morgan fingerprint density at radius 1 is 0.921 bits per heavy atom. The molecule has 38 heavy (non-hydrogen) atoms. The predicted molar refractivity (Wildman–Crippen MR) is 145 cm³/mol. The number of likely N-dealkylation sites (tertiary alicyclic amines) is 1. The van der Waals surface area contributed by atoms with Crippen LogP contribution in [0.2, 0.25) is 0 Å². The molecule has 1 saturated heterocycles. The van der Waals surface area contributed by atoms with Gasteiger partial charge in [0.2, 0.25) is 0 Å². The highest BCUT2D eigenvalue weighted by molar-refractivity contribution is 6.46. The first-order valence-electron chi connectivity index (χ1n) is 12.4. The monoisotopic (exact) mass is 504 g/mol. The number of rotatable bonds is 7. The average molecular weight is 505 g/mol. The second-order valence-electron chi connectivity index (χ2n) is 9.45. The van der Waals surface area contributed by atoms with E-state index in [1.54, 1.807) is 30.6 Å². The van der Waals surface area contributed by atoms with Gasteiger partial charge in [0.05, 0.1) is 11.6 Å². The van der Waals surface area contributed by atoms with Gasteiger partial charge in [0.25, 0.3) is 11.7 Å². The molecule has 190 valence electrons. The van der Waals surface area contributed by atoms with Gasteiger partial charge in [-0.1, -0.05) is 66.2 Å². The van der Waals surface area contributed by atoms with Crippen molar-refractivity contribution in [2.45, 2.75) is 33.0 Å². The fourth-order valence-electron chi connectivity index (χ4n) is 4.70. The minimum absolute atomic E-state index is 0.0730. The maximum atomic E-state index is 13.4. The van der Waals surface area contributed by atoms with Crippen LogP contribution in [0.1, 0.15) is 39.4 Å². The Kier molecular flexibility index (Phi) is 7.05. The molecule has 0 unspecified atom stereocenters. The van der Waals surface area contributed by atoms with Crippen LogP contribution in [0.5, 0.6) is 5.75 Å². The minimum Gasteiger partial charge on any atom is -0.507 e. The molecule has 5 rings (SSSR count). The predicted octanol–water partition coefficient (Wildman–Crippen LogP) is 5.90. The number of pyridine rings is 1. The zero-order valence-electron chi connectivity index (χ0n) is 21.3. The normalized spacial score (nSPS) is 16.6. The van der Waals surface area contributed by atoms with Crippen LogP contribution in [0.15, 0.2) is 103 Å². The summed E-state index contributed by atoms with van der Waals surface area (Å²) in [5.74, 6) is -0.910. The highest BCUT2D eigenvalue weighted by Gasteiger charge is 2.46. The van der Waals surface area contributed by atoms with E-state index in [0.717, 1.165) is 27.8 Å². The Labute approximate surface area is 221 Å².